The van der Waals surface area contributed by atoms with E-state index in [4.69, 9.17) is 14.2 Å². The number of nitrogens with zero attached hydrogens (tertiary/aromatic N) is 1. The van der Waals surface area contributed by atoms with Crippen molar-refractivity contribution in [1.82, 2.24) is 10.3 Å². The van der Waals surface area contributed by atoms with E-state index in [2.05, 4.69) is 10.3 Å². The first-order valence-electron chi connectivity index (χ1n) is 8.80. The van der Waals surface area contributed by atoms with Crippen LogP contribution < -0.4 is 19.5 Å². The average Bonchev–Trinajstić information content (AvgIpc) is 2.76. The lowest BCUT2D eigenvalue weighted by atomic mass is 10.1. The van der Waals surface area contributed by atoms with E-state index < -0.39 is 0 Å². The van der Waals surface area contributed by atoms with E-state index in [1.807, 2.05) is 30.3 Å². The van der Waals surface area contributed by atoms with E-state index in [9.17, 15) is 4.79 Å². The van der Waals surface area contributed by atoms with Crippen molar-refractivity contribution in [3.8, 4) is 17.2 Å². The molecular formula is C22H22N2O4. The number of carbonyl (C=O) groups excluding carboxylic acids is 1. The Balaban J connectivity index is 1.54. The van der Waals surface area contributed by atoms with Gasteiger partial charge in [0.25, 0.3) is 5.91 Å². The molecule has 3 aromatic rings. The quantitative estimate of drug-likeness (QED) is 0.648. The summed E-state index contributed by atoms with van der Waals surface area (Å²) in [7, 11) is 3.17. The smallest absolute Gasteiger partial charge is 0.251 e. The highest BCUT2D eigenvalue weighted by Crippen LogP contribution is 2.27. The molecule has 28 heavy (non-hydrogen) atoms. The van der Waals surface area contributed by atoms with Gasteiger partial charge in [0.15, 0.2) is 11.5 Å². The highest BCUT2D eigenvalue weighted by Gasteiger charge is 2.08. The van der Waals surface area contributed by atoms with Crippen LogP contribution >= 0.6 is 0 Å². The molecular weight excluding hydrogens is 356 g/mol. The summed E-state index contributed by atoms with van der Waals surface area (Å²) >= 11 is 0. The maximum Gasteiger partial charge on any atom is 0.251 e. The average molecular weight is 378 g/mol. The number of ether oxygens (including phenoxy) is 3. The number of methoxy groups -OCH3 is 2. The number of aromatic nitrogens is 1. The third kappa shape index (κ3) is 5.01. The molecule has 0 aliphatic rings. The Bertz CT molecular complexity index is 912. The van der Waals surface area contributed by atoms with E-state index in [0.29, 0.717) is 36.0 Å². The molecule has 6 nitrogen and oxygen atoms in total. The minimum Gasteiger partial charge on any atom is -0.493 e. The fourth-order valence-electron chi connectivity index (χ4n) is 2.63. The molecule has 0 radical (unpaired) electrons. The summed E-state index contributed by atoms with van der Waals surface area (Å²) in [6.07, 6.45) is 3.48. The Morgan fingerprint density at radius 2 is 1.75 bits per heavy atom. The van der Waals surface area contributed by atoms with Crippen LogP contribution in [-0.2, 0) is 13.2 Å². The number of pyridine rings is 1. The molecule has 0 atom stereocenters. The number of rotatable bonds is 8. The van der Waals surface area contributed by atoms with Crippen LogP contribution in [0.4, 0.5) is 0 Å². The largest absolute Gasteiger partial charge is 0.493 e. The molecule has 6 heteroatoms. The lowest BCUT2D eigenvalue weighted by molar-refractivity contribution is 0.0951. The first-order valence-corrected chi connectivity index (χ1v) is 8.80. The molecule has 1 amide bonds. The van der Waals surface area contributed by atoms with Gasteiger partial charge in [0.05, 0.1) is 14.2 Å². The second kappa shape index (κ2) is 9.41. The van der Waals surface area contributed by atoms with E-state index >= 15 is 0 Å². The highest BCUT2D eigenvalue weighted by molar-refractivity contribution is 5.94. The van der Waals surface area contributed by atoms with Crippen LogP contribution in [0, 0.1) is 0 Å². The molecule has 3 rings (SSSR count). The predicted octanol–water partition coefficient (Wildman–Crippen LogP) is 3.61. The Morgan fingerprint density at radius 1 is 0.964 bits per heavy atom. The number of amides is 1. The molecule has 0 saturated carbocycles. The third-order valence-electron chi connectivity index (χ3n) is 4.15. The van der Waals surface area contributed by atoms with Gasteiger partial charge in [-0.3, -0.25) is 9.78 Å². The maximum atomic E-state index is 12.4. The van der Waals surface area contributed by atoms with E-state index in [1.54, 1.807) is 50.9 Å². The summed E-state index contributed by atoms with van der Waals surface area (Å²) in [6, 6.07) is 16.4. The van der Waals surface area contributed by atoms with Crippen molar-refractivity contribution in [2.75, 3.05) is 14.2 Å². The van der Waals surface area contributed by atoms with Crippen LogP contribution in [-0.4, -0.2) is 25.1 Å². The molecule has 1 heterocycles. The molecule has 1 N–H and O–H groups in total. The summed E-state index contributed by atoms with van der Waals surface area (Å²) in [4.78, 5) is 16.4. The summed E-state index contributed by atoms with van der Waals surface area (Å²) < 4.78 is 16.2. The van der Waals surface area contributed by atoms with Crippen molar-refractivity contribution >= 4 is 5.91 Å². The molecule has 0 aliphatic heterocycles. The van der Waals surface area contributed by atoms with Gasteiger partial charge < -0.3 is 19.5 Å². The van der Waals surface area contributed by atoms with Crippen LogP contribution in [0.1, 0.15) is 21.5 Å². The Labute approximate surface area is 164 Å². The first-order chi connectivity index (χ1) is 13.7. The monoisotopic (exact) mass is 378 g/mol. The van der Waals surface area contributed by atoms with Gasteiger partial charge in [-0.2, -0.15) is 0 Å². The van der Waals surface area contributed by atoms with Crippen molar-refractivity contribution < 1.29 is 19.0 Å². The van der Waals surface area contributed by atoms with E-state index in [0.717, 1.165) is 11.1 Å². The van der Waals surface area contributed by atoms with Crippen molar-refractivity contribution in [3.05, 3.63) is 83.7 Å². The first kappa shape index (κ1) is 19.2. The van der Waals surface area contributed by atoms with Gasteiger partial charge in [-0.25, -0.2) is 0 Å². The SMILES string of the molecule is COc1ccc(CNC(=O)c2ccc(OCc3cccnc3)cc2)cc1OC. The molecule has 0 bridgehead atoms. The van der Waals surface area contributed by atoms with Crippen LogP contribution in [0.15, 0.2) is 67.0 Å². The number of hydrogen-bond acceptors (Lipinski definition) is 5. The van der Waals surface area contributed by atoms with Crippen LogP contribution in [0.25, 0.3) is 0 Å². The Hall–Kier alpha value is -3.54. The third-order valence-corrected chi connectivity index (χ3v) is 4.15. The van der Waals surface area contributed by atoms with Crippen molar-refractivity contribution in [2.45, 2.75) is 13.2 Å². The van der Waals surface area contributed by atoms with Crippen molar-refractivity contribution in [1.29, 1.82) is 0 Å². The normalized spacial score (nSPS) is 10.2. The molecule has 1 aromatic heterocycles. The molecule has 0 unspecified atom stereocenters. The molecule has 0 aliphatic carbocycles. The minimum atomic E-state index is -0.159. The molecule has 0 saturated heterocycles. The van der Waals surface area contributed by atoms with E-state index in [1.165, 1.54) is 0 Å². The summed E-state index contributed by atoms with van der Waals surface area (Å²) in [6.45, 7) is 0.817. The number of hydrogen-bond donors (Lipinski definition) is 1. The highest BCUT2D eigenvalue weighted by atomic mass is 16.5. The lowest BCUT2D eigenvalue weighted by Gasteiger charge is -2.11. The zero-order valence-electron chi connectivity index (χ0n) is 15.8. The molecule has 0 spiro atoms. The predicted molar refractivity (Wildman–Crippen MR) is 106 cm³/mol. The van der Waals surface area contributed by atoms with Crippen LogP contribution in [0.2, 0.25) is 0 Å². The summed E-state index contributed by atoms with van der Waals surface area (Å²) in [5.74, 6) is 1.82. The molecule has 144 valence electrons. The van der Waals surface area contributed by atoms with Gasteiger partial charge in [0, 0.05) is 30.1 Å². The van der Waals surface area contributed by atoms with Gasteiger partial charge in [-0.05, 0) is 48.0 Å². The Morgan fingerprint density at radius 3 is 2.43 bits per heavy atom. The number of benzene rings is 2. The number of nitrogens with one attached hydrogen (secondary N) is 1. The van der Waals surface area contributed by atoms with Gasteiger partial charge in [-0.1, -0.05) is 12.1 Å². The summed E-state index contributed by atoms with van der Waals surface area (Å²) in [5, 5.41) is 2.90. The van der Waals surface area contributed by atoms with Gasteiger partial charge >= 0.3 is 0 Å². The topological polar surface area (TPSA) is 69.7 Å². The second-order valence-electron chi connectivity index (χ2n) is 6.05. The fourth-order valence-corrected chi connectivity index (χ4v) is 2.63. The lowest BCUT2D eigenvalue weighted by Crippen LogP contribution is -2.22. The van der Waals surface area contributed by atoms with E-state index in [-0.39, 0.29) is 5.91 Å². The minimum absolute atomic E-state index is 0.159. The van der Waals surface area contributed by atoms with Gasteiger partial charge in [-0.15, -0.1) is 0 Å². The Kier molecular flexibility index (Phi) is 6.46. The zero-order valence-corrected chi connectivity index (χ0v) is 15.8. The van der Waals surface area contributed by atoms with Crippen LogP contribution in [0.3, 0.4) is 0 Å². The standard InChI is InChI=1S/C22H22N2O4/c1-26-20-10-5-16(12-21(20)27-2)14-24-22(25)18-6-8-19(9-7-18)28-15-17-4-3-11-23-13-17/h3-13H,14-15H2,1-2H3,(H,24,25). The van der Waals surface area contributed by atoms with Crippen molar-refractivity contribution in [2.24, 2.45) is 0 Å². The van der Waals surface area contributed by atoms with Gasteiger partial charge in [0.1, 0.15) is 12.4 Å². The zero-order chi connectivity index (χ0) is 19.8. The maximum absolute atomic E-state index is 12.4. The van der Waals surface area contributed by atoms with Crippen LogP contribution in [0.5, 0.6) is 17.2 Å². The summed E-state index contributed by atoms with van der Waals surface area (Å²) in [5.41, 5.74) is 2.47. The molecule has 0 fully saturated rings. The number of carbonyl (C=O) groups is 1. The second-order valence-corrected chi connectivity index (χ2v) is 6.05. The molecule has 2 aromatic carbocycles. The fraction of sp³-hybridized carbons (Fsp3) is 0.182. The van der Waals surface area contributed by atoms with Gasteiger partial charge in [0.2, 0.25) is 0 Å². The van der Waals surface area contributed by atoms with Crippen molar-refractivity contribution in [3.63, 3.8) is 0 Å².